The maximum Gasteiger partial charge on any atom is 0.256 e. The first kappa shape index (κ1) is 16.4. The lowest BCUT2D eigenvalue weighted by Gasteiger charge is -2.32. The number of piperidine rings is 1. The number of carbonyl (C=O) groups excluding carboxylic acids is 1. The SMILES string of the molecule is Cc1ccc(OC2CCN(C(=O)c3ccc(F)cc3F)CC2)cn1. The van der Waals surface area contributed by atoms with E-state index in [0.29, 0.717) is 31.7 Å². The minimum Gasteiger partial charge on any atom is -0.489 e. The molecule has 126 valence electrons. The highest BCUT2D eigenvalue weighted by Crippen LogP contribution is 2.21. The van der Waals surface area contributed by atoms with Crippen LogP contribution in [0.4, 0.5) is 8.78 Å². The number of ether oxygens (including phenoxy) is 1. The van der Waals surface area contributed by atoms with Crippen molar-refractivity contribution in [1.82, 2.24) is 9.88 Å². The molecule has 4 nitrogen and oxygen atoms in total. The first-order valence-electron chi connectivity index (χ1n) is 7.86. The number of benzene rings is 1. The van der Waals surface area contributed by atoms with Gasteiger partial charge < -0.3 is 9.64 Å². The number of amides is 1. The molecule has 2 heterocycles. The molecule has 2 aromatic rings. The molecule has 0 saturated carbocycles. The third-order valence-corrected chi connectivity index (χ3v) is 4.08. The molecule has 0 bridgehead atoms. The van der Waals surface area contributed by atoms with E-state index in [4.69, 9.17) is 4.74 Å². The van der Waals surface area contributed by atoms with Crippen LogP contribution in [0.15, 0.2) is 36.5 Å². The maximum atomic E-state index is 13.7. The average molecular weight is 332 g/mol. The molecule has 24 heavy (non-hydrogen) atoms. The van der Waals surface area contributed by atoms with Crippen LogP contribution in [0.5, 0.6) is 5.75 Å². The van der Waals surface area contributed by atoms with Crippen LogP contribution in [0.25, 0.3) is 0 Å². The smallest absolute Gasteiger partial charge is 0.256 e. The van der Waals surface area contributed by atoms with Crippen molar-refractivity contribution in [2.24, 2.45) is 0 Å². The maximum absolute atomic E-state index is 13.7. The zero-order valence-corrected chi connectivity index (χ0v) is 13.3. The highest BCUT2D eigenvalue weighted by Gasteiger charge is 2.26. The quantitative estimate of drug-likeness (QED) is 0.866. The van der Waals surface area contributed by atoms with Crippen molar-refractivity contribution in [3.05, 3.63) is 59.4 Å². The summed E-state index contributed by atoms with van der Waals surface area (Å²) in [5.41, 5.74) is 0.822. The van der Waals surface area contributed by atoms with Crippen molar-refractivity contribution >= 4 is 5.91 Å². The van der Waals surface area contributed by atoms with Crippen molar-refractivity contribution in [2.45, 2.75) is 25.9 Å². The molecule has 0 spiro atoms. The number of likely N-dealkylation sites (tertiary alicyclic amines) is 1. The Bertz CT molecular complexity index is 726. The molecule has 0 N–H and O–H groups in total. The van der Waals surface area contributed by atoms with Gasteiger partial charge in [-0.1, -0.05) is 0 Å². The molecule has 0 unspecified atom stereocenters. The van der Waals surface area contributed by atoms with Gasteiger partial charge in [0.05, 0.1) is 11.8 Å². The molecule has 0 radical (unpaired) electrons. The second kappa shape index (κ2) is 6.95. The summed E-state index contributed by atoms with van der Waals surface area (Å²) in [6.45, 7) is 2.85. The summed E-state index contributed by atoms with van der Waals surface area (Å²) in [4.78, 5) is 18.1. The van der Waals surface area contributed by atoms with E-state index in [2.05, 4.69) is 4.98 Å². The largest absolute Gasteiger partial charge is 0.489 e. The van der Waals surface area contributed by atoms with E-state index >= 15 is 0 Å². The van der Waals surface area contributed by atoms with E-state index in [1.54, 1.807) is 11.1 Å². The monoisotopic (exact) mass is 332 g/mol. The van der Waals surface area contributed by atoms with Gasteiger partial charge in [0.2, 0.25) is 0 Å². The second-order valence-electron chi connectivity index (χ2n) is 5.87. The van der Waals surface area contributed by atoms with Gasteiger partial charge >= 0.3 is 0 Å². The fourth-order valence-corrected chi connectivity index (χ4v) is 2.73. The standard InChI is InChI=1S/C18H18F2N2O2/c1-12-2-4-15(11-21-12)24-14-6-8-22(9-7-14)18(23)16-5-3-13(19)10-17(16)20/h2-5,10-11,14H,6-9H2,1H3. The van der Waals surface area contributed by atoms with Crippen molar-refractivity contribution < 1.29 is 18.3 Å². The van der Waals surface area contributed by atoms with E-state index in [1.165, 1.54) is 6.07 Å². The molecular formula is C18H18F2N2O2. The summed E-state index contributed by atoms with van der Waals surface area (Å²) < 4.78 is 32.5. The summed E-state index contributed by atoms with van der Waals surface area (Å²) in [7, 11) is 0. The van der Waals surface area contributed by atoms with Crippen LogP contribution in [-0.4, -0.2) is 35.0 Å². The minimum absolute atomic E-state index is 0.00313. The van der Waals surface area contributed by atoms with E-state index in [0.717, 1.165) is 17.8 Å². The highest BCUT2D eigenvalue weighted by molar-refractivity contribution is 5.94. The van der Waals surface area contributed by atoms with Crippen LogP contribution >= 0.6 is 0 Å². The third-order valence-electron chi connectivity index (χ3n) is 4.08. The van der Waals surface area contributed by atoms with Gasteiger partial charge in [-0.05, 0) is 31.2 Å². The Balaban J connectivity index is 1.58. The van der Waals surface area contributed by atoms with Crippen LogP contribution in [0, 0.1) is 18.6 Å². The Morgan fingerprint density at radius 1 is 1.21 bits per heavy atom. The third kappa shape index (κ3) is 3.69. The summed E-state index contributed by atoms with van der Waals surface area (Å²) in [5.74, 6) is -1.23. The number of aryl methyl sites for hydroxylation is 1. The normalized spacial score (nSPS) is 15.4. The lowest BCUT2D eigenvalue weighted by molar-refractivity contribution is 0.0590. The topological polar surface area (TPSA) is 42.4 Å². The number of pyridine rings is 1. The van der Waals surface area contributed by atoms with Gasteiger partial charge in [0.25, 0.3) is 5.91 Å². The Morgan fingerprint density at radius 3 is 2.58 bits per heavy atom. The zero-order chi connectivity index (χ0) is 17.1. The molecule has 1 saturated heterocycles. The molecule has 3 rings (SSSR count). The predicted octanol–water partition coefficient (Wildman–Crippen LogP) is 3.35. The molecule has 6 heteroatoms. The molecule has 1 aromatic heterocycles. The molecule has 0 aliphatic carbocycles. The molecule has 1 fully saturated rings. The number of rotatable bonds is 3. The molecule has 1 aromatic carbocycles. The van der Waals surface area contributed by atoms with Gasteiger partial charge in [-0.3, -0.25) is 9.78 Å². The van der Waals surface area contributed by atoms with Gasteiger partial charge in [0.15, 0.2) is 0 Å². The van der Waals surface area contributed by atoms with Gasteiger partial charge in [0.1, 0.15) is 23.5 Å². The van der Waals surface area contributed by atoms with Gasteiger partial charge in [0, 0.05) is 37.7 Å². The Labute approximate surface area is 139 Å². The predicted molar refractivity (Wildman–Crippen MR) is 84.9 cm³/mol. The molecule has 1 aliphatic heterocycles. The first-order chi connectivity index (χ1) is 11.5. The van der Waals surface area contributed by atoms with E-state index in [9.17, 15) is 13.6 Å². The van der Waals surface area contributed by atoms with Crippen molar-refractivity contribution in [1.29, 1.82) is 0 Å². The van der Waals surface area contributed by atoms with E-state index in [-0.39, 0.29) is 11.7 Å². The summed E-state index contributed by atoms with van der Waals surface area (Å²) >= 11 is 0. The fraction of sp³-hybridized carbons (Fsp3) is 0.333. The zero-order valence-electron chi connectivity index (χ0n) is 13.3. The number of carbonyl (C=O) groups is 1. The number of aromatic nitrogens is 1. The van der Waals surface area contributed by atoms with Crippen LogP contribution in [-0.2, 0) is 0 Å². The van der Waals surface area contributed by atoms with Gasteiger partial charge in [-0.2, -0.15) is 0 Å². The summed E-state index contributed by atoms with van der Waals surface area (Å²) in [6, 6.07) is 6.76. The Kier molecular flexibility index (Phi) is 4.74. The molecule has 1 aliphatic rings. The van der Waals surface area contributed by atoms with E-state index in [1.807, 2.05) is 19.1 Å². The van der Waals surface area contributed by atoms with Gasteiger partial charge in [-0.15, -0.1) is 0 Å². The summed E-state index contributed by atoms with van der Waals surface area (Å²) in [6.07, 6.45) is 2.99. The van der Waals surface area contributed by atoms with Gasteiger partial charge in [-0.25, -0.2) is 8.78 Å². The fourth-order valence-electron chi connectivity index (χ4n) is 2.73. The number of halogens is 2. The molecule has 0 atom stereocenters. The number of nitrogens with zero attached hydrogens (tertiary/aromatic N) is 2. The van der Waals surface area contributed by atoms with Crippen LogP contribution < -0.4 is 4.74 Å². The van der Waals surface area contributed by atoms with Crippen molar-refractivity contribution in [2.75, 3.05) is 13.1 Å². The molecule has 1 amide bonds. The average Bonchev–Trinajstić information content (AvgIpc) is 2.57. The van der Waals surface area contributed by atoms with Crippen molar-refractivity contribution in [3.8, 4) is 5.75 Å². The lowest BCUT2D eigenvalue weighted by atomic mass is 10.1. The van der Waals surface area contributed by atoms with Crippen molar-refractivity contribution in [3.63, 3.8) is 0 Å². The Morgan fingerprint density at radius 2 is 1.96 bits per heavy atom. The van der Waals surface area contributed by atoms with Crippen LogP contribution in [0.2, 0.25) is 0 Å². The minimum atomic E-state index is -0.830. The number of hydrogen-bond acceptors (Lipinski definition) is 3. The van der Waals surface area contributed by atoms with Crippen LogP contribution in [0.3, 0.4) is 0 Å². The number of hydrogen-bond donors (Lipinski definition) is 0. The van der Waals surface area contributed by atoms with E-state index < -0.39 is 17.5 Å². The highest BCUT2D eigenvalue weighted by atomic mass is 19.1. The lowest BCUT2D eigenvalue weighted by Crippen LogP contribution is -2.42. The van der Waals surface area contributed by atoms with Crippen LogP contribution in [0.1, 0.15) is 28.9 Å². The molecular weight excluding hydrogens is 314 g/mol. The first-order valence-corrected chi connectivity index (χ1v) is 7.86. The second-order valence-corrected chi connectivity index (χ2v) is 5.87. The Hall–Kier alpha value is -2.50. The summed E-state index contributed by atoms with van der Waals surface area (Å²) in [5, 5.41) is 0.